The van der Waals surface area contributed by atoms with Crippen molar-refractivity contribution in [1.82, 2.24) is 29.6 Å². The topological polar surface area (TPSA) is 77.6 Å². The minimum absolute atomic E-state index is 0.0474. The molecule has 30 heavy (non-hydrogen) atoms. The number of hydrogen-bond donors (Lipinski definition) is 1. The Bertz CT molecular complexity index is 1210. The van der Waals surface area contributed by atoms with Gasteiger partial charge in [-0.25, -0.2) is 19.0 Å². The number of rotatable bonds is 4. The molecule has 0 fully saturated rings. The Morgan fingerprint density at radius 3 is 2.87 bits per heavy atom. The van der Waals surface area contributed by atoms with Crippen molar-refractivity contribution in [2.45, 2.75) is 25.4 Å². The number of nitrogens with zero attached hydrogens (tertiary/aromatic N) is 5. The number of para-hydroxylation sites is 1. The molecule has 0 spiro atoms. The zero-order valence-electron chi connectivity index (χ0n) is 16.1. The Morgan fingerprint density at radius 2 is 1.97 bits per heavy atom. The lowest BCUT2D eigenvalue weighted by atomic mass is 10.1. The van der Waals surface area contributed by atoms with E-state index in [-0.39, 0.29) is 30.1 Å². The van der Waals surface area contributed by atoms with E-state index < -0.39 is 0 Å². The molecule has 3 heterocycles. The van der Waals surface area contributed by atoms with E-state index >= 15 is 0 Å². The molecule has 1 aliphatic heterocycles. The van der Waals surface area contributed by atoms with Gasteiger partial charge in [-0.3, -0.25) is 4.79 Å². The van der Waals surface area contributed by atoms with Crippen LogP contribution in [0.3, 0.4) is 0 Å². The van der Waals surface area contributed by atoms with Gasteiger partial charge in [0.15, 0.2) is 0 Å². The number of carbonyl (C=O) groups is 1. The Balaban J connectivity index is 1.34. The highest BCUT2D eigenvalue weighted by Gasteiger charge is 2.26. The highest BCUT2D eigenvalue weighted by molar-refractivity contribution is 5.90. The van der Waals surface area contributed by atoms with Crippen LogP contribution in [0.2, 0.25) is 0 Å². The Kier molecular flexibility index (Phi) is 4.59. The number of carbonyl (C=O) groups excluding carboxylic acids is 1. The summed E-state index contributed by atoms with van der Waals surface area (Å²) in [5.41, 5.74) is 2.77. The van der Waals surface area contributed by atoms with Crippen molar-refractivity contribution < 1.29 is 9.18 Å². The van der Waals surface area contributed by atoms with Gasteiger partial charge in [0.25, 0.3) is 5.91 Å². The summed E-state index contributed by atoms with van der Waals surface area (Å²) in [7, 11) is 0. The highest BCUT2D eigenvalue weighted by atomic mass is 19.1. The van der Waals surface area contributed by atoms with Crippen LogP contribution in [0.25, 0.3) is 5.69 Å². The molecule has 4 aromatic rings. The fourth-order valence-corrected chi connectivity index (χ4v) is 3.80. The third-order valence-electron chi connectivity index (χ3n) is 5.27. The summed E-state index contributed by atoms with van der Waals surface area (Å²) < 4.78 is 17.3. The Hall–Kier alpha value is -3.81. The molecular weight excluding hydrogens is 383 g/mol. The van der Waals surface area contributed by atoms with E-state index in [4.69, 9.17) is 0 Å². The molecule has 1 aliphatic rings. The lowest BCUT2D eigenvalue weighted by Gasteiger charge is -2.15. The molecule has 0 saturated heterocycles. The summed E-state index contributed by atoms with van der Waals surface area (Å²) in [6.07, 6.45) is 6.61. The molecular formula is C22H19FN6O. The molecule has 0 bridgehead atoms. The largest absolute Gasteiger partial charge is 0.339 e. The summed E-state index contributed by atoms with van der Waals surface area (Å²) in [5, 5.41) is 7.22. The maximum Gasteiger partial charge on any atom is 0.291 e. The van der Waals surface area contributed by atoms with Crippen LogP contribution >= 0.6 is 0 Å². The molecule has 0 radical (unpaired) electrons. The van der Waals surface area contributed by atoms with Gasteiger partial charge in [0, 0.05) is 23.6 Å². The van der Waals surface area contributed by atoms with E-state index in [1.54, 1.807) is 24.4 Å². The second-order valence-corrected chi connectivity index (χ2v) is 7.21. The van der Waals surface area contributed by atoms with Gasteiger partial charge in [0.1, 0.15) is 18.0 Å². The van der Waals surface area contributed by atoms with E-state index in [2.05, 4.69) is 32.5 Å². The maximum atomic E-state index is 13.9. The standard InChI is InChI=1S/C22H19FN6O/c23-17-7-3-1-6-16(17)13-28-14-25-20(27-28)22(30)26-18-10-9-15-5-2-4-8-19(15)29-12-11-24-21(18)29/h1-8,11-12,14,18H,9-10,13H2,(H,26,30)/t18-/m1/s1. The number of halogens is 1. The fourth-order valence-electron chi connectivity index (χ4n) is 3.80. The maximum absolute atomic E-state index is 13.9. The third-order valence-corrected chi connectivity index (χ3v) is 5.27. The normalized spacial score (nSPS) is 15.2. The number of nitrogens with one attached hydrogen (secondary N) is 1. The van der Waals surface area contributed by atoms with Crippen molar-refractivity contribution in [2.24, 2.45) is 0 Å². The number of aryl methyl sites for hydroxylation is 1. The Labute approximate surface area is 172 Å². The molecule has 2 aromatic heterocycles. The van der Waals surface area contributed by atoms with Crippen molar-refractivity contribution >= 4 is 5.91 Å². The third kappa shape index (κ3) is 3.36. The predicted octanol–water partition coefficient (Wildman–Crippen LogP) is 3.07. The summed E-state index contributed by atoms with van der Waals surface area (Å²) >= 11 is 0. The number of benzene rings is 2. The van der Waals surface area contributed by atoms with Gasteiger partial charge in [-0.2, -0.15) is 0 Å². The van der Waals surface area contributed by atoms with Crippen LogP contribution in [0.5, 0.6) is 0 Å². The van der Waals surface area contributed by atoms with Gasteiger partial charge >= 0.3 is 0 Å². The van der Waals surface area contributed by atoms with Crippen LogP contribution in [0, 0.1) is 5.82 Å². The average Bonchev–Trinajstić information content (AvgIpc) is 3.40. The van der Waals surface area contributed by atoms with Gasteiger partial charge in [-0.15, -0.1) is 5.10 Å². The predicted molar refractivity (Wildman–Crippen MR) is 108 cm³/mol. The van der Waals surface area contributed by atoms with Gasteiger partial charge in [0.05, 0.1) is 12.6 Å². The van der Waals surface area contributed by atoms with Crippen molar-refractivity contribution in [1.29, 1.82) is 0 Å². The van der Waals surface area contributed by atoms with E-state index in [0.717, 1.165) is 24.4 Å². The molecule has 8 heteroatoms. The van der Waals surface area contributed by atoms with Crippen LogP contribution < -0.4 is 5.32 Å². The SMILES string of the molecule is O=C(N[C@@H]1CCc2ccccc2-n2ccnc21)c1ncn(Cc2ccccc2F)n1. The minimum Gasteiger partial charge on any atom is -0.339 e. The summed E-state index contributed by atoms with van der Waals surface area (Å²) in [5.74, 6) is 0.127. The minimum atomic E-state index is -0.382. The zero-order chi connectivity index (χ0) is 20.5. The molecule has 1 N–H and O–H groups in total. The zero-order valence-corrected chi connectivity index (χ0v) is 16.1. The first kappa shape index (κ1) is 18.2. The summed E-state index contributed by atoms with van der Waals surface area (Å²) in [6, 6.07) is 14.4. The van der Waals surface area contributed by atoms with Gasteiger partial charge in [-0.1, -0.05) is 36.4 Å². The molecule has 0 unspecified atom stereocenters. The molecule has 7 nitrogen and oxygen atoms in total. The van der Waals surface area contributed by atoms with Crippen LogP contribution in [0.4, 0.5) is 4.39 Å². The first-order valence-corrected chi connectivity index (χ1v) is 9.74. The summed E-state index contributed by atoms with van der Waals surface area (Å²) in [6.45, 7) is 0.204. The van der Waals surface area contributed by atoms with E-state index in [9.17, 15) is 9.18 Å². The molecule has 150 valence electrons. The highest BCUT2D eigenvalue weighted by Crippen LogP contribution is 2.28. The van der Waals surface area contributed by atoms with Crippen molar-refractivity contribution in [3.63, 3.8) is 0 Å². The number of amides is 1. The van der Waals surface area contributed by atoms with Crippen LogP contribution in [0.15, 0.2) is 67.3 Å². The van der Waals surface area contributed by atoms with Gasteiger partial charge < -0.3 is 9.88 Å². The fraction of sp³-hybridized carbons (Fsp3) is 0.182. The van der Waals surface area contributed by atoms with Crippen LogP contribution in [-0.4, -0.2) is 30.2 Å². The molecule has 2 aromatic carbocycles. The van der Waals surface area contributed by atoms with Crippen LogP contribution in [-0.2, 0) is 13.0 Å². The summed E-state index contributed by atoms with van der Waals surface area (Å²) in [4.78, 5) is 21.4. The molecule has 1 atom stereocenters. The molecule has 5 rings (SSSR count). The van der Waals surface area contributed by atoms with E-state index in [1.165, 1.54) is 22.6 Å². The lowest BCUT2D eigenvalue weighted by molar-refractivity contribution is 0.0922. The molecule has 1 amide bonds. The lowest BCUT2D eigenvalue weighted by Crippen LogP contribution is -2.31. The number of aromatic nitrogens is 5. The monoisotopic (exact) mass is 402 g/mol. The number of fused-ring (bicyclic) bond motifs is 3. The van der Waals surface area contributed by atoms with Gasteiger partial charge in [-0.05, 0) is 30.5 Å². The number of hydrogen-bond acceptors (Lipinski definition) is 4. The second kappa shape index (κ2) is 7.55. The smallest absolute Gasteiger partial charge is 0.291 e. The number of imidazole rings is 1. The first-order valence-electron chi connectivity index (χ1n) is 9.74. The van der Waals surface area contributed by atoms with E-state index in [1.807, 2.05) is 22.9 Å². The Morgan fingerprint density at radius 1 is 1.13 bits per heavy atom. The van der Waals surface area contributed by atoms with Crippen molar-refractivity contribution in [3.05, 3.63) is 95.8 Å². The van der Waals surface area contributed by atoms with E-state index in [0.29, 0.717) is 5.56 Å². The van der Waals surface area contributed by atoms with Crippen LogP contribution in [0.1, 0.15) is 40.0 Å². The first-order chi connectivity index (χ1) is 14.7. The molecule has 0 aliphatic carbocycles. The quantitative estimate of drug-likeness (QED) is 0.569. The van der Waals surface area contributed by atoms with Crippen molar-refractivity contribution in [3.8, 4) is 5.69 Å². The van der Waals surface area contributed by atoms with Crippen molar-refractivity contribution in [2.75, 3.05) is 0 Å². The average molecular weight is 402 g/mol. The van der Waals surface area contributed by atoms with Gasteiger partial charge in [0.2, 0.25) is 5.82 Å². The molecule has 0 saturated carbocycles. The second-order valence-electron chi connectivity index (χ2n) is 7.21.